The predicted molar refractivity (Wildman–Crippen MR) is 118 cm³/mol. The van der Waals surface area contributed by atoms with Gasteiger partial charge in [0.15, 0.2) is 0 Å². The number of hydrogen-bond donors (Lipinski definition) is 0. The topological polar surface area (TPSA) is 63.7 Å². The van der Waals surface area contributed by atoms with Crippen LogP contribution in [0.2, 0.25) is 0 Å². The summed E-state index contributed by atoms with van der Waals surface area (Å²) < 4.78 is 5.38. The number of esters is 1. The highest BCUT2D eigenvalue weighted by Gasteiger charge is 2.33. The quantitative estimate of drug-likeness (QED) is 0.265. The predicted octanol–water partition coefficient (Wildman–Crippen LogP) is 4.99. The fourth-order valence-electron chi connectivity index (χ4n) is 3.87. The number of nitrogens with zero attached hydrogens (tertiary/aromatic N) is 1. The molecule has 0 fully saturated rings. The molecule has 2 aliphatic rings. The van der Waals surface area contributed by atoms with Gasteiger partial charge in [-0.1, -0.05) is 48.6 Å². The number of rotatable bonds is 4. The minimum atomic E-state index is -0.537. The van der Waals surface area contributed by atoms with E-state index in [-0.39, 0.29) is 5.75 Å². The first-order valence-corrected chi connectivity index (χ1v) is 9.89. The summed E-state index contributed by atoms with van der Waals surface area (Å²) in [4.78, 5) is 39.6. The number of carbonyl (C=O) groups excluding carboxylic acids is 3. The van der Waals surface area contributed by atoms with E-state index in [4.69, 9.17) is 4.74 Å². The Morgan fingerprint density at radius 2 is 1.65 bits per heavy atom. The van der Waals surface area contributed by atoms with Crippen molar-refractivity contribution in [1.82, 2.24) is 0 Å². The molecule has 0 N–H and O–H groups in total. The van der Waals surface area contributed by atoms with Crippen LogP contribution in [0.4, 0.5) is 5.69 Å². The molecule has 5 heteroatoms. The monoisotopic (exact) mass is 407 g/mol. The van der Waals surface area contributed by atoms with Gasteiger partial charge in [-0.2, -0.15) is 0 Å². The summed E-state index contributed by atoms with van der Waals surface area (Å²) in [5, 5.41) is 1.51. The highest BCUT2D eigenvalue weighted by molar-refractivity contribution is 6.35. The lowest BCUT2D eigenvalue weighted by atomic mass is 9.94. The fourth-order valence-corrected chi connectivity index (χ4v) is 3.87. The van der Waals surface area contributed by atoms with E-state index in [0.717, 1.165) is 22.3 Å². The second-order valence-electron chi connectivity index (χ2n) is 7.25. The molecular weight excluding hydrogens is 390 g/mol. The third-order valence-corrected chi connectivity index (χ3v) is 5.28. The number of hydrogen-bond acceptors (Lipinski definition) is 4. The number of allylic oxidation sites excluding steroid dienone is 5. The van der Waals surface area contributed by atoms with Crippen LogP contribution in [0.25, 0.3) is 10.8 Å². The molecule has 0 atom stereocenters. The van der Waals surface area contributed by atoms with Crippen LogP contribution in [0.1, 0.15) is 27.1 Å². The molecular formula is C26H17NO4. The van der Waals surface area contributed by atoms with Crippen molar-refractivity contribution in [2.75, 3.05) is 4.90 Å². The van der Waals surface area contributed by atoms with Crippen LogP contribution in [0.5, 0.6) is 5.75 Å². The van der Waals surface area contributed by atoms with Crippen molar-refractivity contribution in [3.05, 3.63) is 108 Å². The van der Waals surface area contributed by atoms with E-state index in [2.05, 4.69) is 0 Å². The van der Waals surface area contributed by atoms with Crippen LogP contribution in [0.15, 0.2) is 96.6 Å². The summed E-state index contributed by atoms with van der Waals surface area (Å²) in [5.41, 5.74) is 2.23. The minimum Gasteiger partial charge on any atom is -0.423 e. The Hall–Kier alpha value is -4.25. The standard InChI is InChI=1S/C26H17NO4/c28-23(15-14-17-6-1-2-7-17)31-20-11-5-10-19(16-20)27-25(29)21-12-3-8-18-9-4-13-22(24(18)21)26(27)30/h1,3-16H,2H2/b15-14+. The molecule has 0 spiro atoms. The van der Waals surface area contributed by atoms with E-state index in [1.165, 1.54) is 12.1 Å². The van der Waals surface area contributed by atoms with Crippen LogP contribution in [0.3, 0.4) is 0 Å². The summed E-state index contributed by atoms with van der Waals surface area (Å²) in [6, 6.07) is 17.2. The first-order valence-electron chi connectivity index (χ1n) is 9.89. The number of anilines is 1. The van der Waals surface area contributed by atoms with Crippen molar-refractivity contribution < 1.29 is 19.1 Å². The molecule has 0 bridgehead atoms. The second-order valence-corrected chi connectivity index (χ2v) is 7.25. The molecule has 5 nitrogen and oxygen atoms in total. The molecule has 1 aliphatic heterocycles. The average Bonchev–Trinajstić information content (AvgIpc) is 3.30. The van der Waals surface area contributed by atoms with Crippen molar-refractivity contribution in [1.29, 1.82) is 0 Å². The van der Waals surface area contributed by atoms with Gasteiger partial charge in [0.1, 0.15) is 5.75 Å². The molecule has 31 heavy (non-hydrogen) atoms. The van der Waals surface area contributed by atoms with E-state index in [1.54, 1.807) is 48.5 Å². The van der Waals surface area contributed by atoms with Gasteiger partial charge in [-0.3, -0.25) is 9.59 Å². The zero-order chi connectivity index (χ0) is 21.4. The molecule has 3 aromatic carbocycles. The number of benzene rings is 3. The molecule has 5 rings (SSSR count). The van der Waals surface area contributed by atoms with E-state index < -0.39 is 17.8 Å². The lowest BCUT2D eigenvalue weighted by Crippen LogP contribution is -2.40. The second kappa shape index (κ2) is 7.54. The molecule has 1 heterocycles. The Bertz CT molecular complexity index is 1300. The molecule has 0 saturated carbocycles. The van der Waals surface area contributed by atoms with E-state index in [1.807, 2.05) is 30.4 Å². The van der Waals surface area contributed by atoms with Gasteiger partial charge < -0.3 is 4.74 Å². The lowest BCUT2D eigenvalue weighted by Gasteiger charge is -2.27. The summed E-state index contributed by atoms with van der Waals surface area (Å²) in [6.07, 6.45) is 9.81. The van der Waals surface area contributed by atoms with Gasteiger partial charge >= 0.3 is 5.97 Å². The van der Waals surface area contributed by atoms with Crippen LogP contribution in [-0.4, -0.2) is 17.8 Å². The summed E-state index contributed by atoms with van der Waals surface area (Å²) in [6.45, 7) is 0. The Morgan fingerprint density at radius 3 is 2.32 bits per heavy atom. The number of imide groups is 1. The molecule has 0 aromatic heterocycles. The first kappa shape index (κ1) is 18.8. The Labute approximate surface area is 178 Å². The van der Waals surface area contributed by atoms with Gasteiger partial charge in [-0.05, 0) is 47.7 Å². The van der Waals surface area contributed by atoms with Gasteiger partial charge in [0.05, 0.1) is 5.69 Å². The summed E-state index contributed by atoms with van der Waals surface area (Å²) in [7, 11) is 0. The van der Waals surface area contributed by atoms with Gasteiger partial charge in [-0.25, -0.2) is 9.69 Å². The van der Waals surface area contributed by atoms with Gasteiger partial charge in [-0.15, -0.1) is 0 Å². The number of ether oxygens (including phenoxy) is 1. The van der Waals surface area contributed by atoms with E-state index in [0.29, 0.717) is 22.2 Å². The molecule has 2 amide bonds. The highest BCUT2D eigenvalue weighted by atomic mass is 16.5. The van der Waals surface area contributed by atoms with Crippen molar-refractivity contribution in [2.24, 2.45) is 0 Å². The normalized spacial score (nSPS) is 15.1. The third kappa shape index (κ3) is 3.36. The SMILES string of the molecule is O=C(/C=C/C1=CCC=C1)Oc1cccc(N2C(=O)c3cccc4cccc(c34)C2=O)c1. The first-order chi connectivity index (χ1) is 15.1. The molecule has 0 saturated heterocycles. The molecule has 0 radical (unpaired) electrons. The molecule has 1 aliphatic carbocycles. The number of carbonyl (C=O) groups is 3. The van der Waals surface area contributed by atoms with E-state index in [9.17, 15) is 14.4 Å². The van der Waals surface area contributed by atoms with Crippen LogP contribution in [-0.2, 0) is 4.79 Å². The highest BCUT2D eigenvalue weighted by Crippen LogP contribution is 2.33. The van der Waals surface area contributed by atoms with Crippen LogP contribution in [0, 0.1) is 0 Å². The third-order valence-electron chi connectivity index (χ3n) is 5.28. The Morgan fingerprint density at radius 1 is 0.935 bits per heavy atom. The minimum absolute atomic E-state index is 0.251. The zero-order valence-electron chi connectivity index (χ0n) is 16.4. The van der Waals surface area contributed by atoms with Gasteiger partial charge in [0, 0.05) is 28.7 Å². The van der Waals surface area contributed by atoms with Gasteiger partial charge in [0.25, 0.3) is 11.8 Å². The Kier molecular flexibility index (Phi) is 4.56. The molecule has 0 unspecified atom stereocenters. The largest absolute Gasteiger partial charge is 0.423 e. The van der Waals surface area contributed by atoms with E-state index >= 15 is 0 Å². The smallest absolute Gasteiger partial charge is 0.336 e. The summed E-state index contributed by atoms with van der Waals surface area (Å²) >= 11 is 0. The van der Waals surface area contributed by atoms with Crippen molar-refractivity contribution in [2.45, 2.75) is 6.42 Å². The fraction of sp³-hybridized carbons (Fsp3) is 0.0385. The molecule has 3 aromatic rings. The maximum Gasteiger partial charge on any atom is 0.336 e. The lowest BCUT2D eigenvalue weighted by molar-refractivity contribution is -0.128. The Balaban J connectivity index is 1.44. The van der Waals surface area contributed by atoms with Crippen LogP contribution < -0.4 is 9.64 Å². The maximum atomic E-state index is 13.2. The zero-order valence-corrected chi connectivity index (χ0v) is 16.4. The van der Waals surface area contributed by atoms with Crippen LogP contribution >= 0.6 is 0 Å². The maximum absolute atomic E-state index is 13.2. The van der Waals surface area contributed by atoms with Gasteiger partial charge in [0.2, 0.25) is 0 Å². The summed E-state index contributed by atoms with van der Waals surface area (Å²) in [5.74, 6) is -1.10. The van der Waals surface area contributed by atoms with Crippen molar-refractivity contribution >= 4 is 34.2 Å². The molecule has 150 valence electrons. The van der Waals surface area contributed by atoms with Crippen molar-refractivity contribution in [3.8, 4) is 5.75 Å². The van der Waals surface area contributed by atoms with Crippen molar-refractivity contribution in [3.63, 3.8) is 0 Å². The average molecular weight is 407 g/mol. The number of amides is 2.